The third kappa shape index (κ3) is 7.48. The van der Waals surface area contributed by atoms with Gasteiger partial charge in [0.2, 0.25) is 0 Å². The van der Waals surface area contributed by atoms with Crippen LogP contribution in [0.2, 0.25) is 5.02 Å². The number of carbonyl (C=O) groups is 1. The number of amides is 1. The normalized spacial score (nSPS) is 10.3. The summed E-state index contributed by atoms with van der Waals surface area (Å²) in [6.45, 7) is 2.74. The molecule has 2 aromatic rings. The highest BCUT2D eigenvalue weighted by Crippen LogP contribution is 2.24. The highest BCUT2D eigenvalue weighted by molar-refractivity contribution is 9.10. The molecule has 0 aliphatic carbocycles. The van der Waals surface area contributed by atoms with Gasteiger partial charge in [-0.05, 0) is 55.0 Å². The first kappa shape index (κ1) is 21.7. The molecule has 144 valence electrons. The Morgan fingerprint density at radius 2 is 2.00 bits per heavy atom. The molecule has 0 aliphatic rings. The summed E-state index contributed by atoms with van der Waals surface area (Å²) in [7, 11) is 0. The zero-order valence-electron chi connectivity index (χ0n) is 15.1. The first-order valence-corrected chi connectivity index (χ1v) is 10.4. The maximum absolute atomic E-state index is 12.7. The van der Waals surface area contributed by atoms with Crippen molar-refractivity contribution in [2.75, 3.05) is 11.9 Å². The molecule has 0 spiro atoms. The molecule has 0 heterocycles. The highest BCUT2D eigenvalue weighted by Gasteiger charge is 2.15. The Kier molecular flexibility index (Phi) is 9.04. The van der Waals surface area contributed by atoms with Crippen molar-refractivity contribution in [3.63, 3.8) is 0 Å². The number of thiocarbonyl (C=S) groups is 1. The quantitative estimate of drug-likeness (QED) is 0.357. The second-order valence-electron chi connectivity index (χ2n) is 5.97. The van der Waals surface area contributed by atoms with Crippen molar-refractivity contribution in [3.05, 3.63) is 57.5 Å². The maximum Gasteiger partial charge on any atom is 0.261 e. The molecule has 0 aliphatic heterocycles. The second-order valence-corrected chi connectivity index (χ2v) is 7.73. The van der Waals surface area contributed by atoms with Crippen LogP contribution in [0.3, 0.4) is 0 Å². The number of anilines is 1. The van der Waals surface area contributed by atoms with Crippen molar-refractivity contribution in [2.45, 2.75) is 32.6 Å². The van der Waals surface area contributed by atoms with E-state index < -0.39 is 0 Å². The van der Waals surface area contributed by atoms with Crippen LogP contribution in [0.25, 0.3) is 0 Å². The molecule has 0 atom stereocenters. The van der Waals surface area contributed by atoms with Crippen LogP contribution in [0.15, 0.2) is 46.9 Å². The van der Waals surface area contributed by atoms with Crippen molar-refractivity contribution in [3.8, 4) is 5.75 Å². The van der Waals surface area contributed by atoms with Gasteiger partial charge < -0.3 is 10.1 Å². The summed E-state index contributed by atoms with van der Waals surface area (Å²) in [6.07, 6.45) is 4.42. The third-order valence-electron chi connectivity index (χ3n) is 3.75. The van der Waals surface area contributed by atoms with Crippen LogP contribution in [0.5, 0.6) is 5.75 Å². The molecule has 0 saturated carbocycles. The second kappa shape index (κ2) is 11.3. The lowest BCUT2D eigenvalue weighted by Crippen LogP contribution is -2.34. The van der Waals surface area contributed by atoms with Crippen LogP contribution < -0.4 is 15.4 Å². The maximum atomic E-state index is 12.7. The number of ether oxygens (including phenoxy) is 1. The van der Waals surface area contributed by atoms with Crippen LogP contribution >= 0.6 is 39.7 Å². The summed E-state index contributed by atoms with van der Waals surface area (Å²) in [5.41, 5.74) is 1.13. The monoisotopic (exact) mass is 468 g/mol. The first-order valence-electron chi connectivity index (χ1n) is 8.80. The fraction of sp³-hybridized carbons (Fsp3) is 0.300. The van der Waals surface area contributed by atoms with Gasteiger partial charge in [0.15, 0.2) is 5.11 Å². The van der Waals surface area contributed by atoms with Crippen LogP contribution in [0, 0.1) is 0 Å². The minimum Gasteiger partial charge on any atom is -0.493 e. The van der Waals surface area contributed by atoms with Gasteiger partial charge in [-0.3, -0.25) is 10.1 Å². The van der Waals surface area contributed by atoms with Gasteiger partial charge >= 0.3 is 0 Å². The molecule has 7 heteroatoms. The van der Waals surface area contributed by atoms with E-state index >= 15 is 0 Å². The topological polar surface area (TPSA) is 50.4 Å². The number of carbonyl (C=O) groups excluding carboxylic acids is 1. The molecular formula is C20H22BrClN2O2S. The largest absolute Gasteiger partial charge is 0.493 e. The van der Waals surface area contributed by atoms with E-state index in [1.54, 1.807) is 30.3 Å². The van der Waals surface area contributed by atoms with Gasteiger partial charge in [0.25, 0.3) is 5.91 Å². The predicted molar refractivity (Wildman–Crippen MR) is 119 cm³/mol. The lowest BCUT2D eigenvalue weighted by atomic mass is 10.2. The molecule has 2 N–H and O–H groups in total. The van der Waals surface area contributed by atoms with E-state index in [1.807, 2.05) is 12.1 Å². The number of hydrogen-bond donors (Lipinski definition) is 2. The average Bonchev–Trinajstić information content (AvgIpc) is 2.62. The summed E-state index contributed by atoms with van der Waals surface area (Å²) >= 11 is 14.6. The van der Waals surface area contributed by atoms with E-state index in [-0.39, 0.29) is 11.0 Å². The number of rotatable bonds is 8. The molecule has 1 amide bonds. The van der Waals surface area contributed by atoms with Gasteiger partial charge in [-0.1, -0.05) is 59.8 Å². The fourth-order valence-corrected chi connectivity index (χ4v) is 3.18. The Balaban J connectivity index is 1.99. The molecule has 0 bridgehead atoms. The van der Waals surface area contributed by atoms with E-state index in [2.05, 4.69) is 33.5 Å². The van der Waals surface area contributed by atoms with Crippen molar-refractivity contribution >= 4 is 56.5 Å². The summed E-state index contributed by atoms with van der Waals surface area (Å²) in [4.78, 5) is 12.7. The van der Waals surface area contributed by atoms with Crippen molar-refractivity contribution in [1.82, 2.24) is 5.32 Å². The van der Waals surface area contributed by atoms with Crippen LogP contribution in [0.4, 0.5) is 5.69 Å². The van der Waals surface area contributed by atoms with Gasteiger partial charge in [0, 0.05) is 15.2 Å². The smallest absolute Gasteiger partial charge is 0.261 e. The lowest BCUT2D eigenvalue weighted by Gasteiger charge is -2.13. The van der Waals surface area contributed by atoms with E-state index in [4.69, 9.17) is 28.6 Å². The molecule has 2 aromatic carbocycles. The van der Waals surface area contributed by atoms with Crippen molar-refractivity contribution in [2.24, 2.45) is 0 Å². The lowest BCUT2D eigenvalue weighted by molar-refractivity contribution is 0.0973. The Bertz CT molecular complexity index is 801. The molecule has 0 fully saturated rings. The molecule has 0 radical (unpaired) electrons. The highest BCUT2D eigenvalue weighted by atomic mass is 79.9. The molecule has 0 unspecified atom stereocenters. The zero-order chi connectivity index (χ0) is 19.6. The van der Waals surface area contributed by atoms with Gasteiger partial charge in [0.05, 0.1) is 12.2 Å². The molecular weight excluding hydrogens is 448 g/mol. The summed E-state index contributed by atoms with van der Waals surface area (Å²) in [6, 6.07) is 12.5. The Morgan fingerprint density at radius 1 is 1.19 bits per heavy atom. The zero-order valence-corrected chi connectivity index (χ0v) is 18.2. The Morgan fingerprint density at radius 3 is 2.74 bits per heavy atom. The molecule has 4 nitrogen and oxygen atoms in total. The summed E-state index contributed by atoms with van der Waals surface area (Å²) < 4.78 is 6.60. The standard InChI is InChI=1S/C20H22BrClN2O2S/c1-2-3-4-5-11-26-18-10-9-14(21)12-17(18)19(25)24-20(27)23-16-8-6-7-15(22)13-16/h6-10,12-13H,2-5,11H2,1H3,(H2,23,24,25,27). The summed E-state index contributed by atoms with van der Waals surface area (Å²) in [5, 5.41) is 6.40. The number of hydrogen-bond acceptors (Lipinski definition) is 3. The van der Waals surface area contributed by atoms with Gasteiger partial charge in [-0.2, -0.15) is 0 Å². The predicted octanol–water partition coefficient (Wildman–Crippen LogP) is 6.19. The molecule has 2 rings (SSSR count). The van der Waals surface area contributed by atoms with Gasteiger partial charge in [0.1, 0.15) is 5.75 Å². The van der Waals surface area contributed by atoms with Gasteiger partial charge in [-0.25, -0.2) is 0 Å². The molecule has 27 heavy (non-hydrogen) atoms. The van der Waals surface area contributed by atoms with Crippen molar-refractivity contribution in [1.29, 1.82) is 0 Å². The SMILES string of the molecule is CCCCCCOc1ccc(Br)cc1C(=O)NC(=S)Nc1cccc(Cl)c1. The Labute approximate surface area is 178 Å². The molecule has 0 saturated heterocycles. The van der Waals surface area contributed by atoms with Crippen LogP contribution in [-0.2, 0) is 0 Å². The summed E-state index contributed by atoms with van der Waals surface area (Å²) in [5.74, 6) is 0.206. The number of unbranched alkanes of at least 4 members (excludes halogenated alkanes) is 3. The first-order chi connectivity index (χ1) is 13.0. The average molecular weight is 470 g/mol. The number of benzene rings is 2. The minimum absolute atomic E-state index is 0.191. The number of halogens is 2. The van der Waals surface area contributed by atoms with E-state index in [0.717, 1.165) is 17.3 Å². The van der Waals surface area contributed by atoms with E-state index in [0.29, 0.717) is 28.6 Å². The van der Waals surface area contributed by atoms with Crippen LogP contribution in [-0.4, -0.2) is 17.6 Å². The third-order valence-corrected chi connectivity index (χ3v) is 4.68. The number of nitrogens with one attached hydrogen (secondary N) is 2. The van der Waals surface area contributed by atoms with E-state index in [1.165, 1.54) is 12.8 Å². The fourth-order valence-electron chi connectivity index (χ4n) is 2.42. The van der Waals surface area contributed by atoms with Crippen molar-refractivity contribution < 1.29 is 9.53 Å². The van der Waals surface area contributed by atoms with Crippen LogP contribution in [0.1, 0.15) is 43.0 Å². The Hall–Kier alpha value is -1.63. The van der Waals surface area contributed by atoms with Gasteiger partial charge in [-0.15, -0.1) is 0 Å². The van der Waals surface area contributed by atoms with E-state index in [9.17, 15) is 4.79 Å². The molecule has 0 aromatic heterocycles. The minimum atomic E-state index is -0.334.